The van der Waals surface area contributed by atoms with E-state index >= 15 is 0 Å². The molecule has 0 atom stereocenters. The van der Waals surface area contributed by atoms with Gasteiger partial charge in [-0.25, -0.2) is 9.78 Å². The van der Waals surface area contributed by atoms with Crippen molar-refractivity contribution in [3.8, 4) is 23.1 Å². The SMILES string of the molecule is O=C(Cc1ccc(Oc2ccc3cc(OC4CCC(NC(=O)COc5ccccc5)CC4)ccc3c2)nc1)Nc1ccccc1C(=O)O. The first-order valence-electron chi connectivity index (χ1n) is 15.8. The van der Waals surface area contributed by atoms with Gasteiger partial charge in [0.15, 0.2) is 6.61 Å². The summed E-state index contributed by atoms with van der Waals surface area (Å²) in [5.41, 5.74) is 0.929. The van der Waals surface area contributed by atoms with E-state index in [0.717, 1.165) is 42.2 Å². The normalized spacial score (nSPS) is 15.7. The van der Waals surface area contributed by atoms with E-state index in [1.54, 1.807) is 36.5 Å². The maximum absolute atomic E-state index is 12.5. The fraction of sp³-hybridized carbons (Fsp3) is 0.211. The zero-order chi connectivity index (χ0) is 33.3. The van der Waals surface area contributed by atoms with Crippen LogP contribution in [0, 0.1) is 0 Å². The maximum Gasteiger partial charge on any atom is 0.337 e. The van der Waals surface area contributed by atoms with Crippen LogP contribution in [-0.2, 0) is 16.0 Å². The van der Waals surface area contributed by atoms with Crippen molar-refractivity contribution in [2.24, 2.45) is 0 Å². The van der Waals surface area contributed by atoms with Crippen LogP contribution in [0.1, 0.15) is 41.6 Å². The molecule has 0 saturated heterocycles. The molecule has 10 heteroatoms. The summed E-state index contributed by atoms with van der Waals surface area (Å²) in [4.78, 5) is 40.6. The van der Waals surface area contributed by atoms with Crippen LogP contribution in [0.3, 0.4) is 0 Å². The molecular weight excluding hydrogens is 610 g/mol. The van der Waals surface area contributed by atoms with Crippen molar-refractivity contribution in [3.63, 3.8) is 0 Å². The molecule has 1 aliphatic rings. The first kappa shape index (κ1) is 32.1. The Morgan fingerprint density at radius 1 is 0.750 bits per heavy atom. The maximum atomic E-state index is 12.5. The molecule has 0 spiro atoms. The first-order valence-corrected chi connectivity index (χ1v) is 15.8. The molecule has 4 aromatic carbocycles. The minimum atomic E-state index is -1.11. The van der Waals surface area contributed by atoms with Crippen molar-refractivity contribution in [3.05, 3.63) is 120 Å². The summed E-state index contributed by atoms with van der Waals surface area (Å²) in [6.07, 6.45) is 5.07. The number of nitrogens with one attached hydrogen (secondary N) is 2. The quantitative estimate of drug-likeness (QED) is 0.135. The molecule has 0 bridgehead atoms. The number of rotatable bonds is 12. The molecule has 0 aliphatic heterocycles. The Labute approximate surface area is 277 Å². The van der Waals surface area contributed by atoms with Gasteiger partial charge in [-0.05, 0) is 90.6 Å². The molecule has 1 heterocycles. The van der Waals surface area contributed by atoms with Crippen molar-refractivity contribution >= 4 is 34.2 Å². The first-order chi connectivity index (χ1) is 23.4. The lowest BCUT2D eigenvalue weighted by Gasteiger charge is -2.29. The minimum Gasteiger partial charge on any atom is -0.490 e. The molecule has 2 amide bonds. The Hall–Kier alpha value is -5.90. The number of anilines is 1. The lowest BCUT2D eigenvalue weighted by molar-refractivity contribution is -0.124. The van der Waals surface area contributed by atoms with Gasteiger partial charge in [-0.2, -0.15) is 0 Å². The van der Waals surface area contributed by atoms with Gasteiger partial charge in [0.1, 0.15) is 17.2 Å². The number of carboxylic acids is 1. The van der Waals surface area contributed by atoms with Crippen LogP contribution in [0.2, 0.25) is 0 Å². The van der Waals surface area contributed by atoms with Crippen molar-refractivity contribution in [1.82, 2.24) is 10.3 Å². The molecule has 3 N–H and O–H groups in total. The predicted molar refractivity (Wildman–Crippen MR) is 181 cm³/mol. The number of hydrogen-bond donors (Lipinski definition) is 3. The number of fused-ring (bicyclic) bond motifs is 1. The molecule has 0 radical (unpaired) electrons. The van der Waals surface area contributed by atoms with Gasteiger partial charge in [0.2, 0.25) is 11.8 Å². The van der Waals surface area contributed by atoms with Gasteiger partial charge in [0.25, 0.3) is 5.91 Å². The molecular formula is C38H35N3O7. The molecule has 244 valence electrons. The monoisotopic (exact) mass is 645 g/mol. The highest BCUT2D eigenvalue weighted by atomic mass is 16.5. The van der Waals surface area contributed by atoms with E-state index in [9.17, 15) is 19.5 Å². The van der Waals surface area contributed by atoms with E-state index < -0.39 is 5.97 Å². The predicted octanol–water partition coefficient (Wildman–Crippen LogP) is 6.79. The summed E-state index contributed by atoms with van der Waals surface area (Å²) in [6, 6.07) is 30.8. The number of ether oxygens (including phenoxy) is 3. The summed E-state index contributed by atoms with van der Waals surface area (Å²) in [6.45, 7) is 0.00212. The average Bonchev–Trinajstić information content (AvgIpc) is 3.10. The van der Waals surface area contributed by atoms with Crippen LogP contribution in [0.4, 0.5) is 5.69 Å². The standard InChI is InChI=1S/C38H35N3O7/c42-35(41-34-9-5-4-8-33(34)38(44)45)20-25-10-19-37(39-23-25)48-32-16-12-26-21-31(15-11-27(26)22-32)47-30-17-13-28(14-18-30)40-36(43)24-46-29-6-2-1-3-7-29/h1-12,15-16,19,21-23,28,30H,13-14,17-18,20,24H2,(H,40,43)(H,41,42)(H,44,45). The number of benzene rings is 4. The topological polar surface area (TPSA) is 136 Å². The lowest BCUT2D eigenvalue weighted by Crippen LogP contribution is -2.41. The van der Waals surface area contributed by atoms with E-state index in [1.165, 1.54) is 6.07 Å². The highest BCUT2D eigenvalue weighted by Gasteiger charge is 2.24. The summed E-state index contributed by atoms with van der Waals surface area (Å²) in [7, 11) is 0. The second-order valence-corrected chi connectivity index (χ2v) is 11.6. The van der Waals surface area contributed by atoms with Crippen molar-refractivity contribution in [1.29, 1.82) is 0 Å². The van der Waals surface area contributed by atoms with Crippen LogP contribution in [0.15, 0.2) is 109 Å². The fourth-order valence-electron chi connectivity index (χ4n) is 5.65. The highest BCUT2D eigenvalue weighted by Crippen LogP contribution is 2.30. The van der Waals surface area contributed by atoms with Gasteiger partial charge in [0.05, 0.1) is 23.8 Å². The van der Waals surface area contributed by atoms with Crippen molar-refractivity contribution in [2.75, 3.05) is 11.9 Å². The Kier molecular flexibility index (Phi) is 10.1. The number of carbonyl (C=O) groups is 3. The lowest BCUT2D eigenvalue weighted by atomic mass is 9.93. The molecule has 5 aromatic rings. The van der Waals surface area contributed by atoms with Gasteiger partial charge in [-0.15, -0.1) is 0 Å². The molecule has 1 saturated carbocycles. The van der Waals surface area contributed by atoms with Gasteiger partial charge in [-0.1, -0.05) is 48.5 Å². The number of para-hydroxylation sites is 2. The molecule has 6 rings (SSSR count). The number of amides is 2. The number of aromatic carboxylic acids is 1. The number of pyridine rings is 1. The van der Waals surface area contributed by atoms with E-state index in [2.05, 4.69) is 15.6 Å². The van der Waals surface area contributed by atoms with Crippen LogP contribution >= 0.6 is 0 Å². The van der Waals surface area contributed by atoms with Crippen LogP contribution in [-0.4, -0.2) is 46.6 Å². The highest BCUT2D eigenvalue weighted by molar-refractivity contribution is 6.01. The smallest absolute Gasteiger partial charge is 0.337 e. The van der Waals surface area contributed by atoms with Gasteiger partial charge >= 0.3 is 5.97 Å². The fourth-order valence-corrected chi connectivity index (χ4v) is 5.65. The summed E-state index contributed by atoms with van der Waals surface area (Å²) < 4.78 is 17.8. The van der Waals surface area contributed by atoms with Crippen LogP contribution in [0.25, 0.3) is 10.8 Å². The number of hydrogen-bond acceptors (Lipinski definition) is 7. The second kappa shape index (κ2) is 15.1. The number of aromatic nitrogens is 1. The Bertz CT molecular complexity index is 1890. The van der Waals surface area contributed by atoms with Gasteiger partial charge < -0.3 is 30.0 Å². The van der Waals surface area contributed by atoms with E-state index in [1.807, 2.05) is 66.7 Å². The molecule has 48 heavy (non-hydrogen) atoms. The van der Waals surface area contributed by atoms with Crippen molar-refractivity contribution in [2.45, 2.75) is 44.2 Å². The molecule has 1 aromatic heterocycles. The molecule has 1 aliphatic carbocycles. The van der Waals surface area contributed by atoms with Crippen LogP contribution in [0.5, 0.6) is 23.1 Å². The molecule has 1 fully saturated rings. The van der Waals surface area contributed by atoms with E-state index in [0.29, 0.717) is 22.9 Å². The third-order valence-corrected chi connectivity index (χ3v) is 8.05. The molecule has 0 unspecified atom stereocenters. The number of carbonyl (C=O) groups excluding carboxylic acids is 2. The minimum absolute atomic E-state index is 0.00212. The number of carboxylic acid groups (broad SMARTS) is 1. The summed E-state index contributed by atoms with van der Waals surface area (Å²) in [5, 5.41) is 17.0. The zero-order valence-electron chi connectivity index (χ0n) is 26.1. The summed E-state index contributed by atoms with van der Waals surface area (Å²) >= 11 is 0. The average molecular weight is 646 g/mol. The third kappa shape index (κ3) is 8.67. The van der Waals surface area contributed by atoms with E-state index in [4.69, 9.17) is 14.2 Å². The zero-order valence-corrected chi connectivity index (χ0v) is 26.1. The Balaban J connectivity index is 0.962. The Morgan fingerprint density at radius 2 is 1.46 bits per heavy atom. The van der Waals surface area contributed by atoms with Gasteiger partial charge in [-0.3, -0.25) is 9.59 Å². The molecule has 10 nitrogen and oxygen atoms in total. The van der Waals surface area contributed by atoms with Gasteiger partial charge in [0, 0.05) is 18.3 Å². The van der Waals surface area contributed by atoms with E-state index in [-0.39, 0.29) is 48.2 Å². The summed E-state index contributed by atoms with van der Waals surface area (Å²) in [5.74, 6) is 0.902. The van der Waals surface area contributed by atoms with Crippen LogP contribution < -0.4 is 24.8 Å². The third-order valence-electron chi connectivity index (χ3n) is 8.05. The number of nitrogens with zero attached hydrogens (tertiary/aromatic N) is 1. The largest absolute Gasteiger partial charge is 0.490 e. The second-order valence-electron chi connectivity index (χ2n) is 11.6. The Morgan fingerprint density at radius 3 is 2.19 bits per heavy atom. The van der Waals surface area contributed by atoms with Crippen molar-refractivity contribution < 1.29 is 33.7 Å².